The zero-order valence-electron chi connectivity index (χ0n) is 9.32. The summed E-state index contributed by atoms with van der Waals surface area (Å²) in [6.07, 6.45) is 1.17. The first-order valence-corrected chi connectivity index (χ1v) is 5.37. The molecule has 0 fully saturated rings. The first-order valence-electron chi connectivity index (χ1n) is 5.37. The molecule has 2 rings (SSSR count). The summed E-state index contributed by atoms with van der Waals surface area (Å²) >= 11 is 0. The van der Waals surface area contributed by atoms with Crippen molar-refractivity contribution in [2.24, 2.45) is 0 Å². The standard InChI is InChI=1S/C12H17NO2/c1-3-7-13(2)8-10-5-4-6-11-12(10)15-9-14-11/h4-6H,3,7-9H2,1-2H3. The Morgan fingerprint density at radius 2 is 2.20 bits per heavy atom. The van der Waals surface area contributed by atoms with Crippen LogP contribution < -0.4 is 9.47 Å². The maximum atomic E-state index is 5.46. The van der Waals surface area contributed by atoms with Gasteiger partial charge in [-0.15, -0.1) is 0 Å². The molecule has 0 amide bonds. The van der Waals surface area contributed by atoms with E-state index < -0.39 is 0 Å². The maximum absolute atomic E-state index is 5.46. The summed E-state index contributed by atoms with van der Waals surface area (Å²) in [7, 11) is 2.12. The van der Waals surface area contributed by atoms with Crippen molar-refractivity contribution < 1.29 is 9.47 Å². The van der Waals surface area contributed by atoms with Crippen LogP contribution in [0.4, 0.5) is 0 Å². The lowest BCUT2D eigenvalue weighted by molar-refractivity contribution is 0.172. The van der Waals surface area contributed by atoms with Gasteiger partial charge in [-0.3, -0.25) is 0 Å². The molecule has 0 aliphatic carbocycles. The molecule has 15 heavy (non-hydrogen) atoms. The lowest BCUT2D eigenvalue weighted by atomic mass is 10.1. The summed E-state index contributed by atoms with van der Waals surface area (Å²) in [6, 6.07) is 6.06. The van der Waals surface area contributed by atoms with Crippen molar-refractivity contribution in [2.75, 3.05) is 20.4 Å². The van der Waals surface area contributed by atoms with E-state index in [2.05, 4.69) is 24.9 Å². The van der Waals surface area contributed by atoms with Crippen LogP contribution in [0.5, 0.6) is 11.5 Å². The monoisotopic (exact) mass is 207 g/mol. The van der Waals surface area contributed by atoms with Crippen LogP contribution >= 0.6 is 0 Å². The van der Waals surface area contributed by atoms with Crippen LogP contribution in [-0.2, 0) is 6.54 Å². The Morgan fingerprint density at radius 3 is 3.00 bits per heavy atom. The summed E-state index contributed by atoms with van der Waals surface area (Å²) in [5, 5.41) is 0. The van der Waals surface area contributed by atoms with Crippen LogP contribution in [0.1, 0.15) is 18.9 Å². The second-order valence-electron chi connectivity index (χ2n) is 3.89. The van der Waals surface area contributed by atoms with Gasteiger partial charge in [-0.2, -0.15) is 0 Å². The molecule has 0 saturated carbocycles. The predicted molar refractivity (Wildman–Crippen MR) is 59.2 cm³/mol. The predicted octanol–water partition coefficient (Wildman–Crippen LogP) is 2.26. The van der Waals surface area contributed by atoms with E-state index >= 15 is 0 Å². The van der Waals surface area contributed by atoms with Crippen molar-refractivity contribution in [2.45, 2.75) is 19.9 Å². The third-order valence-corrected chi connectivity index (χ3v) is 2.52. The summed E-state index contributed by atoms with van der Waals surface area (Å²) in [4.78, 5) is 2.29. The largest absolute Gasteiger partial charge is 0.454 e. The highest BCUT2D eigenvalue weighted by Gasteiger charge is 2.17. The van der Waals surface area contributed by atoms with Gasteiger partial charge in [0.2, 0.25) is 6.79 Å². The van der Waals surface area contributed by atoms with Crippen LogP contribution in [0, 0.1) is 0 Å². The van der Waals surface area contributed by atoms with Crippen molar-refractivity contribution in [3.8, 4) is 11.5 Å². The summed E-state index contributed by atoms with van der Waals surface area (Å²) in [5.41, 5.74) is 1.21. The molecule has 1 aromatic carbocycles. The Labute approximate surface area is 90.6 Å². The average molecular weight is 207 g/mol. The number of nitrogens with zero attached hydrogens (tertiary/aromatic N) is 1. The van der Waals surface area contributed by atoms with Crippen LogP contribution in [0.3, 0.4) is 0 Å². The van der Waals surface area contributed by atoms with Gasteiger partial charge in [0.1, 0.15) is 0 Å². The number of hydrogen-bond donors (Lipinski definition) is 0. The molecule has 1 heterocycles. The normalized spacial score (nSPS) is 13.5. The Balaban J connectivity index is 2.11. The minimum absolute atomic E-state index is 0.351. The molecule has 82 valence electrons. The Hall–Kier alpha value is -1.22. The molecule has 0 atom stereocenters. The molecule has 1 aromatic rings. The highest BCUT2D eigenvalue weighted by molar-refractivity contribution is 5.48. The van der Waals surface area contributed by atoms with Gasteiger partial charge in [0.15, 0.2) is 11.5 Å². The molecule has 0 saturated heterocycles. The molecule has 0 spiro atoms. The van der Waals surface area contributed by atoms with E-state index in [1.807, 2.05) is 12.1 Å². The second-order valence-corrected chi connectivity index (χ2v) is 3.89. The van der Waals surface area contributed by atoms with Gasteiger partial charge in [-0.05, 0) is 26.1 Å². The topological polar surface area (TPSA) is 21.7 Å². The average Bonchev–Trinajstić information content (AvgIpc) is 2.67. The third kappa shape index (κ3) is 2.23. The highest BCUT2D eigenvalue weighted by Crippen LogP contribution is 2.35. The number of benzene rings is 1. The van der Waals surface area contributed by atoms with E-state index in [0.29, 0.717) is 6.79 Å². The number of hydrogen-bond acceptors (Lipinski definition) is 3. The molecule has 0 radical (unpaired) electrons. The lowest BCUT2D eigenvalue weighted by Gasteiger charge is -2.16. The van der Waals surface area contributed by atoms with E-state index in [1.165, 1.54) is 12.0 Å². The van der Waals surface area contributed by atoms with Crippen LogP contribution in [0.25, 0.3) is 0 Å². The Kier molecular flexibility index (Phi) is 3.11. The molecule has 0 aromatic heterocycles. The molecule has 0 N–H and O–H groups in total. The van der Waals surface area contributed by atoms with Gasteiger partial charge < -0.3 is 14.4 Å². The maximum Gasteiger partial charge on any atom is 0.231 e. The van der Waals surface area contributed by atoms with E-state index in [4.69, 9.17) is 9.47 Å². The smallest absolute Gasteiger partial charge is 0.231 e. The van der Waals surface area contributed by atoms with E-state index in [-0.39, 0.29) is 0 Å². The summed E-state index contributed by atoms with van der Waals surface area (Å²) < 4.78 is 10.8. The van der Waals surface area contributed by atoms with Crippen molar-refractivity contribution in [1.82, 2.24) is 4.90 Å². The lowest BCUT2D eigenvalue weighted by Crippen LogP contribution is -2.18. The first-order chi connectivity index (χ1) is 7.31. The molecular weight excluding hydrogens is 190 g/mol. The Bertz CT molecular complexity index is 338. The molecule has 3 nitrogen and oxygen atoms in total. The van der Waals surface area contributed by atoms with Crippen molar-refractivity contribution in [3.05, 3.63) is 23.8 Å². The highest BCUT2D eigenvalue weighted by atomic mass is 16.7. The summed E-state index contributed by atoms with van der Waals surface area (Å²) in [5.74, 6) is 1.79. The fourth-order valence-corrected chi connectivity index (χ4v) is 1.87. The SMILES string of the molecule is CCCN(C)Cc1cccc2c1OCO2. The Morgan fingerprint density at radius 1 is 1.33 bits per heavy atom. The van der Waals surface area contributed by atoms with Gasteiger partial charge in [0, 0.05) is 12.1 Å². The second kappa shape index (κ2) is 4.53. The molecule has 0 bridgehead atoms. The third-order valence-electron chi connectivity index (χ3n) is 2.52. The molecule has 0 unspecified atom stereocenters. The van der Waals surface area contributed by atoms with E-state index in [0.717, 1.165) is 24.6 Å². The van der Waals surface area contributed by atoms with E-state index in [9.17, 15) is 0 Å². The zero-order valence-corrected chi connectivity index (χ0v) is 9.32. The number of fused-ring (bicyclic) bond motifs is 1. The van der Waals surface area contributed by atoms with Crippen LogP contribution in [-0.4, -0.2) is 25.3 Å². The molecular formula is C12H17NO2. The molecule has 1 aliphatic heterocycles. The van der Waals surface area contributed by atoms with Crippen molar-refractivity contribution >= 4 is 0 Å². The van der Waals surface area contributed by atoms with Gasteiger partial charge in [-0.1, -0.05) is 19.1 Å². The van der Waals surface area contributed by atoms with Crippen LogP contribution in [0.2, 0.25) is 0 Å². The fourth-order valence-electron chi connectivity index (χ4n) is 1.87. The number of rotatable bonds is 4. The van der Waals surface area contributed by atoms with Gasteiger partial charge in [0.05, 0.1) is 0 Å². The zero-order chi connectivity index (χ0) is 10.7. The minimum atomic E-state index is 0.351. The number of ether oxygens (including phenoxy) is 2. The van der Waals surface area contributed by atoms with Crippen molar-refractivity contribution in [3.63, 3.8) is 0 Å². The number of para-hydroxylation sites is 1. The van der Waals surface area contributed by atoms with Gasteiger partial charge in [0.25, 0.3) is 0 Å². The van der Waals surface area contributed by atoms with Gasteiger partial charge >= 0.3 is 0 Å². The van der Waals surface area contributed by atoms with Crippen LogP contribution in [0.15, 0.2) is 18.2 Å². The fraction of sp³-hybridized carbons (Fsp3) is 0.500. The minimum Gasteiger partial charge on any atom is -0.454 e. The first kappa shape index (κ1) is 10.3. The molecule has 1 aliphatic rings. The summed E-state index contributed by atoms with van der Waals surface area (Å²) in [6.45, 7) is 4.56. The van der Waals surface area contributed by atoms with Crippen molar-refractivity contribution in [1.29, 1.82) is 0 Å². The quantitative estimate of drug-likeness (QED) is 0.756. The van der Waals surface area contributed by atoms with Gasteiger partial charge in [-0.25, -0.2) is 0 Å². The molecule has 3 heteroatoms. The van der Waals surface area contributed by atoms with E-state index in [1.54, 1.807) is 0 Å².